The number of halogens is 1. The van der Waals surface area contributed by atoms with Crippen molar-refractivity contribution in [2.24, 2.45) is 0 Å². The predicted molar refractivity (Wildman–Crippen MR) is 7.55 cm³/mol. The molecule has 0 radical (unpaired) electrons. The minimum Gasteiger partial charge on any atom is -0.560 e. The molecule has 5 heavy (non-hydrogen) atoms. The summed E-state index contributed by atoms with van der Waals surface area (Å²) in [7, 11) is -3.88. The fourth-order valence-corrected chi connectivity index (χ4v) is 0. The van der Waals surface area contributed by atoms with E-state index in [4.69, 9.17) is 9.26 Å². The van der Waals surface area contributed by atoms with Crippen LogP contribution in [0.2, 0.25) is 0 Å². The fourth-order valence-electron chi connectivity index (χ4n) is 0. The summed E-state index contributed by atoms with van der Waals surface area (Å²) in [5, 5.41) is 0. The maximum absolute atomic E-state index is 9.99. The molecule has 0 aromatic carbocycles. The van der Waals surface area contributed by atoms with Crippen molar-refractivity contribution in [1.29, 1.82) is 0 Å². The molecule has 0 N–H and O–H groups in total. The number of hydrogen-bond acceptors (Lipinski definition) is 2. The molecule has 0 atom stereocenters. The van der Waals surface area contributed by atoms with Crippen LogP contribution >= 0.6 is 0 Å². The van der Waals surface area contributed by atoms with Gasteiger partial charge in [-0.05, 0) is 0 Å². The van der Waals surface area contributed by atoms with Crippen LogP contribution in [-0.2, 0) is 4.46 Å². The van der Waals surface area contributed by atoms with Crippen LogP contribution < -0.4 is 73.7 Å². The fraction of sp³-hybridized carbons (Fsp3) is 0. The second-order valence-electron chi connectivity index (χ2n) is 0.238. The summed E-state index contributed by atoms with van der Waals surface area (Å²) >= 11 is 0. The third-order valence-corrected chi connectivity index (χ3v) is 0. The molecule has 0 bridgehead atoms. The molecule has 24 valence electrons. The van der Waals surface area contributed by atoms with Gasteiger partial charge in [0.15, 0.2) is 0 Å². The predicted octanol–water partition coefficient (Wildman–Crippen LogP) is -4.26. The van der Waals surface area contributed by atoms with Crippen LogP contribution in [0.4, 0.5) is 4.11 Å². The summed E-state index contributed by atoms with van der Waals surface area (Å²) in [6, 6.07) is 0. The van der Waals surface area contributed by atoms with Crippen molar-refractivity contribution in [3.05, 3.63) is 0 Å². The van der Waals surface area contributed by atoms with Crippen LogP contribution in [0, 0.1) is 0 Å². The molecule has 0 aromatic rings. The number of hydrogen-bond donors (Lipinski definition) is 0. The molecular formula is CsFO2Si. The second-order valence-corrected chi connectivity index (χ2v) is 0.713. The molecule has 0 saturated heterocycles. The standard InChI is InChI=1S/Cs.FO2Si/c;1-4(2)3/q+1;-1. The van der Waals surface area contributed by atoms with Crippen molar-refractivity contribution in [1.82, 2.24) is 0 Å². The molecule has 0 aliphatic heterocycles. The van der Waals surface area contributed by atoms with E-state index in [2.05, 4.69) is 0 Å². The van der Waals surface area contributed by atoms with Gasteiger partial charge in [0.05, 0.1) is 0 Å². The third kappa shape index (κ3) is 25.9. The normalized spacial score (nSPS) is 5.00. The molecule has 0 aromatic heterocycles. The van der Waals surface area contributed by atoms with Gasteiger partial charge in [0, 0.05) is 0 Å². The monoisotopic (exact) mass is 212 g/mol. The molecule has 0 saturated carbocycles. The second kappa shape index (κ2) is 5.80. The zero-order chi connectivity index (χ0) is 3.58. The quantitative estimate of drug-likeness (QED) is 0.301. The molecule has 0 unspecified atom stereocenters. The van der Waals surface area contributed by atoms with Gasteiger partial charge >= 0.3 is 78.2 Å². The first-order chi connectivity index (χ1) is 1.73. The van der Waals surface area contributed by atoms with Gasteiger partial charge in [0.25, 0.3) is 0 Å². The summed E-state index contributed by atoms with van der Waals surface area (Å²) in [5.41, 5.74) is 0. The first-order valence-corrected chi connectivity index (χ1v) is 1.79. The van der Waals surface area contributed by atoms with Crippen LogP contribution in [-0.4, -0.2) is 9.26 Å². The van der Waals surface area contributed by atoms with Crippen LogP contribution in [0.1, 0.15) is 0 Å². The van der Waals surface area contributed by atoms with Crippen LogP contribution in [0.3, 0.4) is 0 Å². The Kier molecular flexibility index (Phi) is 11.5. The summed E-state index contributed by atoms with van der Waals surface area (Å²) in [4.78, 5) is 8.41. The van der Waals surface area contributed by atoms with Crippen LogP contribution in [0.15, 0.2) is 0 Å². The van der Waals surface area contributed by atoms with E-state index in [-0.39, 0.29) is 68.9 Å². The molecule has 0 heterocycles. The summed E-state index contributed by atoms with van der Waals surface area (Å²) < 4.78 is 18.4. The average molecular weight is 212 g/mol. The van der Waals surface area contributed by atoms with Gasteiger partial charge < -0.3 is 9.26 Å². The Bertz CT molecular complexity index is 32.6. The Labute approximate surface area is 89.1 Å². The zero-order valence-corrected chi connectivity index (χ0v) is 9.97. The Morgan fingerprint density at radius 1 is 1.80 bits per heavy atom. The van der Waals surface area contributed by atoms with Gasteiger partial charge in [-0.25, -0.2) is 0 Å². The smallest absolute Gasteiger partial charge is 0.560 e. The Morgan fingerprint density at radius 2 is 1.80 bits per heavy atom. The van der Waals surface area contributed by atoms with Crippen molar-refractivity contribution >= 4 is 9.26 Å². The van der Waals surface area contributed by atoms with Gasteiger partial charge in [0.1, 0.15) is 0 Å². The third-order valence-electron chi connectivity index (χ3n) is 0. The summed E-state index contributed by atoms with van der Waals surface area (Å²) in [6.45, 7) is 0. The largest absolute Gasteiger partial charge is 1.00 e. The average Bonchev–Trinajstić information content (AvgIpc) is 0.811. The number of rotatable bonds is 0. The van der Waals surface area contributed by atoms with Crippen LogP contribution in [0.25, 0.3) is 0 Å². The minimum atomic E-state index is -3.88. The molecule has 0 fully saturated rings. The van der Waals surface area contributed by atoms with E-state index < -0.39 is 9.26 Å². The first kappa shape index (κ1) is 9.93. The zero-order valence-electron chi connectivity index (χ0n) is 2.69. The van der Waals surface area contributed by atoms with Gasteiger partial charge in [-0.1, -0.05) is 0 Å². The Morgan fingerprint density at radius 3 is 1.80 bits per heavy atom. The molecule has 0 aliphatic rings. The molecule has 2 nitrogen and oxygen atoms in total. The summed E-state index contributed by atoms with van der Waals surface area (Å²) in [6.07, 6.45) is 0. The molecule has 0 spiro atoms. The van der Waals surface area contributed by atoms with Crippen molar-refractivity contribution in [2.75, 3.05) is 0 Å². The van der Waals surface area contributed by atoms with E-state index in [0.717, 1.165) is 0 Å². The topological polar surface area (TPSA) is 40.1 Å². The Hall–Kier alpha value is 1.80. The molecule has 5 heteroatoms. The van der Waals surface area contributed by atoms with E-state index in [1.165, 1.54) is 0 Å². The van der Waals surface area contributed by atoms with Crippen molar-refractivity contribution < 1.29 is 82.3 Å². The van der Waals surface area contributed by atoms with Gasteiger partial charge in [-0.15, -0.1) is 0 Å². The maximum Gasteiger partial charge on any atom is 1.00 e. The van der Waals surface area contributed by atoms with E-state index in [0.29, 0.717) is 0 Å². The van der Waals surface area contributed by atoms with E-state index in [1.54, 1.807) is 0 Å². The van der Waals surface area contributed by atoms with Crippen molar-refractivity contribution in [3.8, 4) is 0 Å². The maximum atomic E-state index is 9.99. The Balaban J connectivity index is 0. The van der Waals surface area contributed by atoms with E-state index in [1.807, 2.05) is 0 Å². The van der Waals surface area contributed by atoms with E-state index in [9.17, 15) is 4.11 Å². The molecular weight excluding hydrogens is 212 g/mol. The molecule has 0 rings (SSSR count). The van der Waals surface area contributed by atoms with Gasteiger partial charge in [0.2, 0.25) is 0 Å². The molecule has 0 aliphatic carbocycles. The minimum absolute atomic E-state index is 0. The van der Waals surface area contributed by atoms with Crippen LogP contribution in [0.5, 0.6) is 0 Å². The van der Waals surface area contributed by atoms with E-state index >= 15 is 0 Å². The van der Waals surface area contributed by atoms with Gasteiger partial charge in [-0.2, -0.15) is 0 Å². The molecule has 0 amide bonds. The SMILES string of the molecule is O=[Si]([O-])F.[Cs+]. The van der Waals surface area contributed by atoms with Gasteiger partial charge in [-0.3, -0.25) is 4.11 Å². The van der Waals surface area contributed by atoms with Crippen molar-refractivity contribution in [3.63, 3.8) is 0 Å². The van der Waals surface area contributed by atoms with Crippen molar-refractivity contribution in [2.45, 2.75) is 0 Å². The summed E-state index contributed by atoms with van der Waals surface area (Å²) in [5.74, 6) is 0. The first-order valence-electron chi connectivity index (χ1n) is 0.597.